The van der Waals surface area contributed by atoms with E-state index in [0.717, 1.165) is 48.5 Å². The van der Waals surface area contributed by atoms with Crippen molar-refractivity contribution in [2.75, 3.05) is 14.2 Å². The average Bonchev–Trinajstić information content (AvgIpc) is 3.47. The van der Waals surface area contributed by atoms with Crippen molar-refractivity contribution in [3.8, 4) is 11.5 Å². The van der Waals surface area contributed by atoms with E-state index in [4.69, 9.17) is 9.47 Å². The Hall–Kier alpha value is -3.10. The van der Waals surface area contributed by atoms with Crippen molar-refractivity contribution in [3.63, 3.8) is 0 Å². The van der Waals surface area contributed by atoms with Gasteiger partial charge in [-0.2, -0.15) is 0 Å². The van der Waals surface area contributed by atoms with Crippen LogP contribution in [-0.2, 0) is 13.1 Å². The minimum absolute atomic E-state index is 0. The van der Waals surface area contributed by atoms with Crippen LogP contribution < -0.4 is 52.6 Å². The van der Waals surface area contributed by atoms with Crippen molar-refractivity contribution in [2.45, 2.75) is 39.8 Å². The number of benzene rings is 2. The lowest BCUT2D eigenvalue weighted by atomic mass is 10.1. The summed E-state index contributed by atoms with van der Waals surface area (Å²) in [7, 11) is 3.41. The van der Waals surface area contributed by atoms with Crippen molar-refractivity contribution in [1.82, 2.24) is 9.97 Å². The Morgan fingerprint density at radius 3 is 1.42 bits per heavy atom. The molecule has 0 radical (unpaired) electrons. The molecule has 198 valence electrons. The molecule has 0 aliphatic heterocycles. The molecule has 0 aliphatic carbocycles. The highest BCUT2D eigenvalue weighted by molar-refractivity contribution is 6.08. The van der Waals surface area contributed by atoms with E-state index in [1.54, 1.807) is 14.2 Å². The number of aromatic nitrogens is 4. The summed E-state index contributed by atoms with van der Waals surface area (Å²) in [5.74, 6) is 1.75. The van der Waals surface area contributed by atoms with E-state index in [0.29, 0.717) is 0 Å². The average molecular weight is 640 g/mol. The van der Waals surface area contributed by atoms with Crippen LogP contribution in [0.15, 0.2) is 60.9 Å². The summed E-state index contributed by atoms with van der Waals surface area (Å²) in [5.41, 5.74) is 7.16. The van der Waals surface area contributed by atoms with Crippen LogP contribution in [0.25, 0.3) is 43.6 Å². The van der Waals surface area contributed by atoms with Gasteiger partial charge >= 0.3 is 0 Å². The molecule has 0 bridgehead atoms. The molecule has 2 aromatic carbocycles. The molecule has 2 N–H and O–H groups in total. The number of rotatable bonds is 7. The third-order valence-corrected chi connectivity index (χ3v) is 7.57. The van der Waals surface area contributed by atoms with Gasteiger partial charge in [0.15, 0.2) is 12.4 Å². The summed E-state index contributed by atoms with van der Waals surface area (Å²) in [6.45, 7) is 6.39. The van der Waals surface area contributed by atoms with Crippen molar-refractivity contribution in [1.29, 1.82) is 0 Å². The first-order chi connectivity index (χ1) is 17.6. The number of fused-ring (bicyclic) bond motifs is 6. The molecule has 0 unspecified atom stereocenters. The van der Waals surface area contributed by atoms with Gasteiger partial charge in [-0.05, 0) is 24.3 Å². The molecule has 0 aliphatic rings. The second-order valence-corrected chi connectivity index (χ2v) is 9.55. The van der Waals surface area contributed by atoms with Crippen molar-refractivity contribution < 1.29 is 52.6 Å². The van der Waals surface area contributed by atoms with Crippen LogP contribution >= 0.6 is 0 Å². The standard InChI is InChI=1S/C30H30N4O2.2BrH/c1-19-29-25(23-9-7-21(35-3)17-27(23)31-29)11-15-33(19)13-5-6-14-34-16-12-26-24-10-8-22(36-4)18-28(24)32-30(26)20(34)2;;/h7-12,15-18H,5-6,13-14H2,1-4H3;2*1H. The van der Waals surface area contributed by atoms with Gasteiger partial charge in [0.05, 0.1) is 25.3 Å². The molecule has 4 heterocycles. The zero-order chi connectivity index (χ0) is 24.8. The van der Waals surface area contributed by atoms with Crippen LogP contribution in [0, 0.1) is 13.8 Å². The number of pyridine rings is 2. The van der Waals surface area contributed by atoms with E-state index in [2.05, 4.69) is 81.7 Å². The number of halogens is 2. The van der Waals surface area contributed by atoms with E-state index >= 15 is 0 Å². The van der Waals surface area contributed by atoms with Crippen LogP contribution in [0.2, 0.25) is 0 Å². The normalized spacial score (nSPS) is 11.2. The highest BCUT2D eigenvalue weighted by Crippen LogP contribution is 2.30. The fraction of sp³-hybridized carbons (Fsp3) is 0.267. The van der Waals surface area contributed by atoms with Crippen LogP contribution in [-0.4, -0.2) is 24.2 Å². The van der Waals surface area contributed by atoms with Crippen molar-refractivity contribution >= 4 is 43.6 Å². The number of nitrogens with zero attached hydrogens (tertiary/aromatic N) is 2. The Labute approximate surface area is 243 Å². The molecule has 38 heavy (non-hydrogen) atoms. The SMILES string of the molecule is COc1ccc2c(c1)[nH]c1c(C)[n+](CCCC[n+]3ccc4c([nH]c5cc(OC)ccc54)c3C)ccc12.[Br-].[Br-]. The van der Waals surface area contributed by atoms with Gasteiger partial charge in [0.2, 0.25) is 11.4 Å². The Balaban J connectivity index is 0.00000168. The van der Waals surface area contributed by atoms with Crippen molar-refractivity contribution in [2.24, 2.45) is 0 Å². The van der Waals surface area contributed by atoms with Gasteiger partial charge < -0.3 is 53.4 Å². The molecule has 0 atom stereocenters. The molecule has 4 aromatic heterocycles. The predicted molar refractivity (Wildman–Crippen MR) is 144 cm³/mol. The number of hydrogen-bond acceptors (Lipinski definition) is 2. The fourth-order valence-corrected chi connectivity index (χ4v) is 5.46. The summed E-state index contributed by atoms with van der Waals surface area (Å²) >= 11 is 0. The third-order valence-electron chi connectivity index (χ3n) is 7.57. The Bertz CT molecular complexity index is 1630. The van der Waals surface area contributed by atoms with E-state index in [-0.39, 0.29) is 34.0 Å². The van der Waals surface area contributed by atoms with Gasteiger partial charge in [-0.1, -0.05) is 0 Å². The molecule has 0 saturated carbocycles. The second-order valence-electron chi connectivity index (χ2n) is 9.55. The molecule has 6 nitrogen and oxygen atoms in total. The first-order valence-electron chi connectivity index (χ1n) is 12.5. The van der Waals surface area contributed by atoms with Crippen molar-refractivity contribution in [3.05, 3.63) is 72.3 Å². The maximum atomic E-state index is 5.40. The monoisotopic (exact) mass is 638 g/mol. The van der Waals surface area contributed by atoms with E-state index in [9.17, 15) is 0 Å². The largest absolute Gasteiger partial charge is 1.00 e. The van der Waals surface area contributed by atoms with Gasteiger partial charge in [0.25, 0.3) is 0 Å². The summed E-state index contributed by atoms with van der Waals surface area (Å²) in [6, 6.07) is 16.9. The summed E-state index contributed by atoms with van der Waals surface area (Å²) in [4.78, 5) is 7.21. The van der Waals surface area contributed by atoms with Crippen LogP contribution in [0.4, 0.5) is 0 Å². The number of nitrogens with one attached hydrogen (secondary N) is 2. The molecule has 0 saturated heterocycles. The van der Waals surface area contributed by atoms with Gasteiger partial charge in [-0.25, -0.2) is 9.13 Å². The number of aromatic amines is 2. The highest BCUT2D eigenvalue weighted by atomic mass is 79.9. The number of aryl methyl sites for hydroxylation is 4. The fourth-order valence-electron chi connectivity index (χ4n) is 5.46. The minimum Gasteiger partial charge on any atom is -1.00 e. The Morgan fingerprint density at radius 1 is 0.605 bits per heavy atom. The summed E-state index contributed by atoms with van der Waals surface area (Å²) in [6.07, 6.45) is 6.66. The molecule has 0 amide bonds. The zero-order valence-corrected chi connectivity index (χ0v) is 25.2. The van der Waals surface area contributed by atoms with E-state index in [1.807, 2.05) is 12.1 Å². The number of unbranched alkanes of at least 4 members (excludes halogenated alkanes) is 1. The zero-order valence-electron chi connectivity index (χ0n) is 22.1. The van der Waals surface area contributed by atoms with Crippen LogP contribution in [0.3, 0.4) is 0 Å². The lowest BCUT2D eigenvalue weighted by molar-refractivity contribution is -0.712. The predicted octanol–water partition coefficient (Wildman–Crippen LogP) is -0.347. The molecular weight excluding hydrogens is 608 g/mol. The highest BCUT2D eigenvalue weighted by Gasteiger charge is 2.18. The first-order valence-corrected chi connectivity index (χ1v) is 12.5. The second kappa shape index (κ2) is 11.3. The van der Waals surface area contributed by atoms with Gasteiger partial charge in [0.1, 0.15) is 35.6 Å². The van der Waals surface area contributed by atoms with E-state index in [1.165, 1.54) is 44.0 Å². The Kier molecular flexibility index (Phi) is 8.33. The topological polar surface area (TPSA) is 57.8 Å². The first kappa shape index (κ1) is 27.9. The van der Waals surface area contributed by atoms with E-state index < -0.39 is 0 Å². The number of hydrogen-bond donors (Lipinski definition) is 2. The third kappa shape index (κ3) is 4.76. The van der Waals surface area contributed by atoms with Gasteiger partial charge in [-0.3, -0.25) is 0 Å². The number of methoxy groups -OCH3 is 2. The molecule has 0 fully saturated rings. The molecule has 6 aromatic rings. The summed E-state index contributed by atoms with van der Waals surface area (Å²) < 4.78 is 15.5. The van der Waals surface area contributed by atoms with Gasteiger partial charge in [-0.15, -0.1) is 0 Å². The number of ether oxygens (including phenoxy) is 2. The lowest BCUT2D eigenvalue weighted by Crippen LogP contribution is -3.00. The quantitative estimate of drug-likeness (QED) is 0.186. The van der Waals surface area contributed by atoms with Crippen LogP contribution in [0.5, 0.6) is 11.5 Å². The smallest absolute Gasteiger partial charge is 0.202 e. The molecule has 6 rings (SSSR count). The Morgan fingerprint density at radius 2 is 1.03 bits per heavy atom. The van der Waals surface area contributed by atoms with Crippen LogP contribution in [0.1, 0.15) is 24.2 Å². The number of H-pyrrole nitrogens is 2. The molecule has 8 heteroatoms. The maximum Gasteiger partial charge on any atom is 0.202 e. The van der Waals surface area contributed by atoms with Gasteiger partial charge in [0, 0.05) is 72.5 Å². The lowest BCUT2D eigenvalue weighted by Gasteiger charge is -2.03. The minimum atomic E-state index is 0. The molecule has 0 spiro atoms. The molecular formula is C30H32Br2N4O2. The summed E-state index contributed by atoms with van der Waals surface area (Å²) in [5, 5.41) is 4.99. The maximum absolute atomic E-state index is 5.40.